The van der Waals surface area contributed by atoms with Crippen molar-refractivity contribution in [2.75, 3.05) is 19.7 Å². The van der Waals surface area contributed by atoms with E-state index in [1.54, 1.807) is 6.92 Å². The zero-order chi connectivity index (χ0) is 16.3. The SMILES string of the molecule is CCOC(=O)c1c(C)c(CCC(=O)N2CCCC2)c(C)n1C. The summed E-state index contributed by atoms with van der Waals surface area (Å²) in [6.45, 7) is 7.88. The molecule has 0 bridgehead atoms. The highest BCUT2D eigenvalue weighted by Gasteiger charge is 2.23. The lowest BCUT2D eigenvalue weighted by Crippen LogP contribution is -2.27. The molecule has 0 N–H and O–H groups in total. The van der Waals surface area contributed by atoms with Crippen LogP contribution in [0.1, 0.15) is 53.5 Å². The van der Waals surface area contributed by atoms with Gasteiger partial charge in [-0.05, 0) is 51.2 Å². The molecule has 0 aliphatic carbocycles. The van der Waals surface area contributed by atoms with Crippen molar-refractivity contribution in [3.63, 3.8) is 0 Å². The molecule has 2 heterocycles. The fraction of sp³-hybridized carbons (Fsp3) is 0.647. The van der Waals surface area contributed by atoms with Crippen LogP contribution in [0.25, 0.3) is 0 Å². The number of carbonyl (C=O) groups is 2. The van der Waals surface area contributed by atoms with Gasteiger partial charge >= 0.3 is 5.97 Å². The van der Waals surface area contributed by atoms with Crippen LogP contribution in [0.2, 0.25) is 0 Å². The van der Waals surface area contributed by atoms with Gasteiger partial charge in [-0.25, -0.2) is 4.79 Å². The average molecular weight is 306 g/mol. The molecular formula is C17H26N2O3. The molecular weight excluding hydrogens is 280 g/mol. The molecule has 2 rings (SSSR count). The smallest absolute Gasteiger partial charge is 0.355 e. The summed E-state index contributed by atoms with van der Waals surface area (Å²) in [6, 6.07) is 0. The van der Waals surface area contributed by atoms with Gasteiger partial charge in [-0.1, -0.05) is 0 Å². The van der Waals surface area contributed by atoms with E-state index in [-0.39, 0.29) is 11.9 Å². The molecule has 1 aromatic rings. The minimum Gasteiger partial charge on any atom is -0.461 e. The molecule has 122 valence electrons. The highest BCUT2D eigenvalue weighted by Crippen LogP contribution is 2.24. The van der Waals surface area contributed by atoms with Crippen LogP contribution < -0.4 is 0 Å². The van der Waals surface area contributed by atoms with Gasteiger partial charge < -0.3 is 14.2 Å². The van der Waals surface area contributed by atoms with Crippen LogP contribution >= 0.6 is 0 Å². The Morgan fingerprint density at radius 1 is 1.18 bits per heavy atom. The Labute approximate surface area is 132 Å². The Morgan fingerprint density at radius 2 is 1.82 bits per heavy atom. The second-order valence-corrected chi connectivity index (χ2v) is 5.90. The predicted octanol–water partition coefficient (Wildman–Crippen LogP) is 2.37. The first-order valence-electron chi connectivity index (χ1n) is 8.07. The van der Waals surface area contributed by atoms with E-state index in [1.165, 1.54) is 0 Å². The van der Waals surface area contributed by atoms with Crippen LogP contribution in [-0.2, 0) is 23.0 Å². The third-order valence-corrected chi connectivity index (χ3v) is 4.60. The van der Waals surface area contributed by atoms with Crippen molar-refractivity contribution >= 4 is 11.9 Å². The summed E-state index contributed by atoms with van der Waals surface area (Å²) in [5.74, 6) is -0.0689. The first-order chi connectivity index (χ1) is 10.5. The van der Waals surface area contributed by atoms with Crippen molar-refractivity contribution in [1.29, 1.82) is 0 Å². The number of hydrogen-bond donors (Lipinski definition) is 0. The zero-order valence-electron chi connectivity index (χ0n) is 14.1. The number of amides is 1. The van der Waals surface area contributed by atoms with Gasteiger partial charge in [0.25, 0.3) is 0 Å². The maximum atomic E-state index is 12.2. The van der Waals surface area contributed by atoms with E-state index in [9.17, 15) is 9.59 Å². The second-order valence-electron chi connectivity index (χ2n) is 5.90. The number of ether oxygens (including phenoxy) is 1. The van der Waals surface area contributed by atoms with Crippen molar-refractivity contribution in [3.8, 4) is 0 Å². The van der Waals surface area contributed by atoms with E-state index in [1.807, 2.05) is 30.4 Å². The van der Waals surface area contributed by atoms with Gasteiger partial charge in [-0.3, -0.25) is 4.79 Å². The summed E-state index contributed by atoms with van der Waals surface area (Å²) in [5.41, 5.74) is 3.67. The van der Waals surface area contributed by atoms with E-state index in [2.05, 4.69) is 0 Å². The summed E-state index contributed by atoms with van der Waals surface area (Å²) >= 11 is 0. The number of likely N-dealkylation sites (tertiary alicyclic amines) is 1. The summed E-state index contributed by atoms with van der Waals surface area (Å²) < 4.78 is 7.01. The fourth-order valence-corrected chi connectivity index (χ4v) is 3.25. The highest BCUT2D eigenvalue weighted by molar-refractivity contribution is 5.90. The minimum atomic E-state index is -0.289. The molecule has 5 nitrogen and oxygen atoms in total. The Morgan fingerprint density at radius 3 is 2.41 bits per heavy atom. The largest absolute Gasteiger partial charge is 0.461 e. The van der Waals surface area contributed by atoms with Crippen LogP contribution in [0, 0.1) is 13.8 Å². The average Bonchev–Trinajstić information content (AvgIpc) is 3.07. The molecule has 0 aromatic carbocycles. The Balaban J connectivity index is 2.12. The van der Waals surface area contributed by atoms with Gasteiger partial charge in [-0.2, -0.15) is 0 Å². The molecule has 1 fully saturated rings. The molecule has 1 saturated heterocycles. The number of hydrogen-bond acceptors (Lipinski definition) is 3. The van der Waals surface area contributed by atoms with Crippen molar-refractivity contribution < 1.29 is 14.3 Å². The fourth-order valence-electron chi connectivity index (χ4n) is 3.25. The third-order valence-electron chi connectivity index (χ3n) is 4.60. The Kier molecular flexibility index (Phi) is 5.27. The van der Waals surface area contributed by atoms with Crippen LogP contribution in [0.5, 0.6) is 0 Å². The minimum absolute atomic E-state index is 0.220. The third kappa shape index (κ3) is 3.18. The molecule has 0 unspecified atom stereocenters. The van der Waals surface area contributed by atoms with E-state index in [0.29, 0.717) is 25.1 Å². The van der Waals surface area contributed by atoms with Crippen LogP contribution in [-0.4, -0.2) is 41.0 Å². The normalized spacial score (nSPS) is 14.5. The topological polar surface area (TPSA) is 51.5 Å². The van der Waals surface area contributed by atoms with Crippen LogP contribution in [0.3, 0.4) is 0 Å². The molecule has 0 radical (unpaired) electrons. The Bertz CT molecular complexity index is 569. The predicted molar refractivity (Wildman–Crippen MR) is 85.0 cm³/mol. The Hall–Kier alpha value is -1.78. The standard InChI is InChI=1S/C17H26N2O3/c1-5-22-17(21)16-12(2)14(13(3)18(16)4)8-9-15(20)19-10-6-7-11-19/h5-11H2,1-4H3. The molecule has 1 aliphatic heterocycles. The quantitative estimate of drug-likeness (QED) is 0.785. The van der Waals surface area contributed by atoms with E-state index >= 15 is 0 Å². The molecule has 0 atom stereocenters. The monoisotopic (exact) mass is 306 g/mol. The summed E-state index contributed by atoms with van der Waals surface area (Å²) in [6.07, 6.45) is 3.42. The summed E-state index contributed by atoms with van der Waals surface area (Å²) in [4.78, 5) is 26.2. The van der Waals surface area contributed by atoms with Gasteiger partial charge in [-0.15, -0.1) is 0 Å². The van der Waals surface area contributed by atoms with Gasteiger partial charge in [0, 0.05) is 32.3 Å². The number of aromatic nitrogens is 1. The lowest BCUT2D eigenvalue weighted by Gasteiger charge is -2.15. The molecule has 1 amide bonds. The second kappa shape index (κ2) is 6.99. The lowest BCUT2D eigenvalue weighted by molar-refractivity contribution is -0.130. The number of nitrogens with zero attached hydrogens (tertiary/aromatic N) is 2. The number of carbonyl (C=O) groups excluding carboxylic acids is 2. The van der Waals surface area contributed by atoms with Crippen molar-refractivity contribution in [3.05, 3.63) is 22.5 Å². The molecule has 1 aliphatic rings. The van der Waals surface area contributed by atoms with E-state index < -0.39 is 0 Å². The van der Waals surface area contributed by atoms with Gasteiger partial charge in [0.15, 0.2) is 0 Å². The van der Waals surface area contributed by atoms with E-state index in [0.717, 1.165) is 42.8 Å². The molecule has 5 heteroatoms. The number of rotatable bonds is 5. The first-order valence-corrected chi connectivity index (χ1v) is 8.07. The lowest BCUT2D eigenvalue weighted by atomic mass is 10.0. The van der Waals surface area contributed by atoms with Crippen LogP contribution in [0.15, 0.2) is 0 Å². The van der Waals surface area contributed by atoms with Crippen molar-refractivity contribution in [2.24, 2.45) is 7.05 Å². The van der Waals surface area contributed by atoms with Gasteiger partial charge in [0.1, 0.15) is 5.69 Å². The van der Waals surface area contributed by atoms with Crippen molar-refractivity contribution in [1.82, 2.24) is 9.47 Å². The van der Waals surface area contributed by atoms with Gasteiger partial charge in [0.2, 0.25) is 5.91 Å². The molecule has 1 aromatic heterocycles. The molecule has 22 heavy (non-hydrogen) atoms. The highest BCUT2D eigenvalue weighted by atomic mass is 16.5. The van der Waals surface area contributed by atoms with Crippen LogP contribution in [0.4, 0.5) is 0 Å². The maximum Gasteiger partial charge on any atom is 0.355 e. The number of esters is 1. The zero-order valence-corrected chi connectivity index (χ0v) is 14.1. The molecule has 0 spiro atoms. The summed E-state index contributed by atoms with van der Waals surface area (Å²) in [5, 5.41) is 0. The summed E-state index contributed by atoms with van der Waals surface area (Å²) in [7, 11) is 1.88. The molecule has 0 saturated carbocycles. The first kappa shape index (κ1) is 16.6. The van der Waals surface area contributed by atoms with Gasteiger partial charge in [0.05, 0.1) is 6.61 Å². The van der Waals surface area contributed by atoms with E-state index in [4.69, 9.17) is 4.74 Å². The maximum absolute atomic E-state index is 12.2. The van der Waals surface area contributed by atoms with Crippen molar-refractivity contribution in [2.45, 2.75) is 46.5 Å².